The van der Waals surface area contributed by atoms with E-state index in [0.717, 1.165) is 12.8 Å². The van der Waals surface area contributed by atoms with E-state index < -0.39 is 6.10 Å². The number of aliphatic hydroxyl groups is 1. The summed E-state index contributed by atoms with van der Waals surface area (Å²) in [7, 11) is 0. The number of nitrogens with one attached hydrogen (secondary N) is 1. The molecule has 1 aromatic carbocycles. The first-order valence-corrected chi connectivity index (χ1v) is 7.67. The van der Waals surface area contributed by atoms with Gasteiger partial charge in [0.25, 0.3) is 0 Å². The van der Waals surface area contributed by atoms with Gasteiger partial charge < -0.3 is 15.2 Å². The van der Waals surface area contributed by atoms with Gasteiger partial charge in [0.2, 0.25) is 0 Å². The predicted molar refractivity (Wildman–Crippen MR) is 85.0 cm³/mol. The van der Waals surface area contributed by atoms with Crippen molar-refractivity contribution in [3.63, 3.8) is 0 Å². The minimum atomic E-state index is -0.611. The van der Waals surface area contributed by atoms with Crippen LogP contribution in [0.25, 0.3) is 0 Å². The zero-order chi connectivity index (χ0) is 15.2. The molecule has 0 radical (unpaired) electrons. The molecule has 1 unspecified atom stereocenters. The molecule has 0 aliphatic heterocycles. The fourth-order valence-corrected chi connectivity index (χ4v) is 2.23. The number of para-hydroxylation sites is 1. The quantitative estimate of drug-likeness (QED) is 0.763. The Morgan fingerprint density at radius 2 is 1.80 bits per heavy atom. The predicted octanol–water partition coefficient (Wildman–Crippen LogP) is 3.90. The molecule has 0 aromatic heterocycles. The fourth-order valence-electron chi connectivity index (χ4n) is 1.72. The average molecular weight is 320 g/mol. The molecule has 0 fully saturated rings. The fraction of sp³-hybridized carbons (Fsp3) is 0.600. The Balaban J connectivity index is 2.46. The molecule has 0 spiro atoms. The lowest BCUT2D eigenvalue weighted by atomic mass is 9.95. The topological polar surface area (TPSA) is 41.5 Å². The maximum Gasteiger partial charge on any atom is 0.156 e. The van der Waals surface area contributed by atoms with Crippen molar-refractivity contribution in [2.45, 2.75) is 45.3 Å². The third-order valence-corrected chi connectivity index (χ3v) is 4.26. The molecular weight excluding hydrogens is 297 g/mol. The van der Waals surface area contributed by atoms with Crippen molar-refractivity contribution in [1.29, 1.82) is 0 Å². The van der Waals surface area contributed by atoms with Gasteiger partial charge in [-0.2, -0.15) is 0 Å². The molecule has 0 saturated heterocycles. The van der Waals surface area contributed by atoms with E-state index in [4.69, 9.17) is 27.9 Å². The number of β-amino-alcohol motifs (C(OH)–C–C–N with tert-alkyl or cyclic N) is 1. The smallest absolute Gasteiger partial charge is 0.156 e. The monoisotopic (exact) mass is 319 g/mol. The van der Waals surface area contributed by atoms with Crippen LogP contribution in [-0.2, 0) is 0 Å². The Hall–Kier alpha value is -0.480. The van der Waals surface area contributed by atoms with E-state index in [1.807, 2.05) is 0 Å². The highest BCUT2D eigenvalue weighted by molar-refractivity contribution is 6.37. The molecule has 1 atom stereocenters. The molecule has 20 heavy (non-hydrogen) atoms. The van der Waals surface area contributed by atoms with E-state index in [2.05, 4.69) is 26.1 Å². The Labute approximate surface area is 131 Å². The van der Waals surface area contributed by atoms with Crippen LogP contribution in [0, 0.1) is 0 Å². The third kappa shape index (κ3) is 5.13. The summed E-state index contributed by atoms with van der Waals surface area (Å²) < 4.78 is 5.51. The van der Waals surface area contributed by atoms with Crippen LogP contribution in [0.15, 0.2) is 18.2 Å². The lowest BCUT2D eigenvalue weighted by Gasteiger charge is -2.29. The van der Waals surface area contributed by atoms with E-state index in [-0.39, 0.29) is 12.1 Å². The standard InChI is InChI=1S/C15H23Cl2NO2/c1-4-15(3,5-2)18-9-11(19)10-20-14-12(16)7-6-8-13(14)17/h6-8,11,18-19H,4-5,9-10H2,1-3H3. The van der Waals surface area contributed by atoms with Gasteiger partial charge in [-0.3, -0.25) is 0 Å². The average Bonchev–Trinajstić information content (AvgIpc) is 2.44. The minimum Gasteiger partial charge on any atom is -0.488 e. The van der Waals surface area contributed by atoms with E-state index in [0.29, 0.717) is 22.3 Å². The normalized spacial score (nSPS) is 13.3. The summed E-state index contributed by atoms with van der Waals surface area (Å²) in [4.78, 5) is 0. The molecular formula is C15H23Cl2NO2. The van der Waals surface area contributed by atoms with Crippen molar-refractivity contribution in [3.8, 4) is 5.75 Å². The number of halogens is 2. The van der Waals surface area contributed by atoms with Crippen LogP contribution in [0.1, 0.15) is 33.6 Å². The molecule has 3 nitrogen and oxygen atoms in total. The van der Waals surface area contributed by atoms with Crippen molar-refractivity contribution in [1.82, 2.24) is 5.32 Å². The van der Waals surface area contributed by atoms with Gasteiger partial charge in [0.15, 0.2) is 5.75 Å². The molecule has 0 heterocycles. The number of hydrogen-bond donors (Lipinski definition) is 2. The zero-order valence-corrected chi connectivity index (χ0v) is 13.8. The lowest BCUT2D eigenvalue weighted by Crippen LogP contribution is -2.46. The van der Waals surface area contributed by atoms with E-state index in [1.54, 1.807) is 18.2 Å². The van der Waals surface area contributed by atoms with Gasteiger partial charge in [-0.1, -0.05) is 43.1 Å². The maximum atomic E-state index is 9.97. The third-order valence-electron chi connectivity index (χ3n) is 3.66. The molecule has 1 aromatic rings. The Bertz CT molecular complexity index is 402. The van der Waals surface area contributed by atoms with Gasteiger partial charge in [-0.25, -0.2) is 0 Å². The van der Waals surface area contributed by atoms with E-state index >= 15 is 0 Å². The molecule has 5 heteroatoms. The van der Waals surface area contributed by atoms with Gasteiger partial charge in [0.05, 0.1) is 10.0 Å². The number of rotatable bonds is 8. The van der Waals surface area contributed by atoms with Gasteiger partial charge in [0.1, 0.15) is 12.7 Å². The van der Waals surface area contributed by atoms with Crippen LogP contribution in [0.2, 0.25) is 10.0 Å². The molecule has 2 N–H and O–H groups in total. The molecule has 0 bridgehead atoms. The summed E-state index contributed by atoms with van der Waals surface area (Å²) in [6.07, 6.45) is 1.40. The molecule has 0 aliphatic rings. The first-order valence-electron chi connectivity index (χ1n) is 6.91. The van der Waals surface area contributed by atoms with Gasteiger partial charge in [-0.15, -0.1) is 0 Å². The summed E-state index contributed by atoms with van der Waals surface area (Å²) in [5, 5.41) is 14.2. The molecule has 0 saturated carbocycles. The highest BCUT2D eigenvalue weighted by Crippen LogP contribution is 2.32. The van der Waals surface area contributed by atoms with Gasteiger partial charge in [0, 0.05) is 12.1 Å². The summed E-state index contributed by atoms with van der Waals surface area (Å²) in [5.41, 5.74) is 0.0447. The Morgan fingerprint density at radius 3 is 2.30 bits per heavy atom. The Kier molecular flexibility index (Phi) is 7.10. The highest BCUT2D eigenvalue weighted by Gasteiger charge is 2.20. The van der Waals surface area contributed by atoms with Crippen LogP contribution in [0.4, 0.5) is 0 Å². The number of benzene rings is 1. The van der Waals surface area contributed by atoms with Crippen LogP contribution in [-0.4, -0.2) is 29.9 Å². The number of ether oxygens (including phenoxy) is 1. The lowest BCUT2D eigenvalue weighted by molar-refractivity contribution is 0.0967. The number of aliphatic hydroxyl groups excluding tert-OH is 1. The van der Waals surface area contributed by atoms with Crippen molar-refractivity contribution in [2.24, 2.45) is 0 Å². The van der Waals surface area contributed by atoms with Crippen LogP contribution >= 0.6 is 23.2 Å². The van der Waals surface area contributed by atoms with E-state index in [1.165, 1.54) is 0 Å². The second-order valence-electron chi connectivity index (χ2n) is 5.16. The summed E-state index contributed by atoms with van der Waals surface area (Å²) in [5.74, 6) is 0.420. The maximum absolute atomic E-state index is 9.97. The first kappa shape index (κ1) is 17.6. The molecule has 114 valence electrons. The second-order valence-corrected chi connectivity index (χ2v) is 5.98. The largest absolute Gasteiger partial charge is 0.488 e. The first-order chi connectivity index (χ1) is 9.41. The number of hydrogen-bond acceptors (Lipinski definition) is 3. The summed E-state index contributed by atoms with van der Waals surface area (Å²) in [6, 6.07) is 5.17. The van der Waals surface area contributed by atoms with Crippen molar-refractivity contribution in [3.05, 3.63) is 28.2 Å². The molecule has 0 aliphatic carbocycles. The SMILES string of the molecule is CCC(C)(CC)NCC(O)COc1c(Cl)cccc1Cl. The summed E-state index contributed by atoms with van der Waals surface area (Å²) >= 11 is 12.0. The van der Waals surface area contributed by atoms with Crippen LogP contribution in [0.5, 0.6) is 5.75 Å². The Morgan fingerprint density at radius 1 is 1.25 bits per heavy atom. The zero-order valence-electron chi connectivity index (χ0n) is 12.2. The van der Waals surface area contributed by atoms with Crippen molar-refractivity contribution >= 4 is 23.2 Å². The van der Waals surface area contributed by atoms with E-state index in [9.17, 15) is 5.11 Å². The van der Waals surface area contributed by atoms with Crippen LogP contribution in [0.3, 0.4) is 0 Å². The molecule has 0 amide bonds. The van der Waals surface area contributed by atoms with Gasteiger partial charge >= 0.3 is 0 Å². The minimum absolute atomic E-state index is 0.0447. The molecule has 1 rings (SSSR count). The second kappa shape index (κ2) is 8.08. The summed E-state index contributed by atoms with van der Waals surface area (Å²) in [6.45, 7) is 7.03. The van der Waals surface area contributed by atoms with Gasteiger partial charge in [-0.05, 0) is 31.9 Å². The van der Waals surface area contributed by atoms with Crippen molar-refractivity contribution < 1.29 is 9.84 Å². The highest BCUT2D eigenvalue weighted by atomic mass is 35.5. The van der Waals surface area contributed by atoms with Crippen molar-refractivity contribution in [2.75, 3.05) is 13.2 Å². The van der Waals surface area contributed by atoms with Crippen LogP contribution < -0.4 is 10.1 Å².